The van der Waals surface area contributed by atoms with Crippen LogP contribution in [0.1, 0.15) is 60.0 Å². The first-order valence-electron chi connectivity index (χ1n) is 12.0. The van der Waals surface area contributed by atoms with Crippen LogP contribution in [0.3, 0.4) is 0 Å². The molecule has 1 aliphatic heterocycles. The molecule has 0 saturated heterocycles. The zero-order chi connectivity index (χ0) is 23.5. The lowest BCUT2D eigenvalue weighted by atomic mass is 9.76. The summed E-state index contributed by atoms with van der Waals surface area (Å²) < 4.78 is 29.8. The second-order valence-electron chi connectivity index (χ2n) is 8.97. The van der Waals surface area contributed by atoms with Crippen LogP contribution < -0.4 is 18.9 Å². The number of methoxy groups -OCH3 is 3. The summed E-state index contributed by atoms with van der Waals surface area (Å²) in [5.74, 6) is 3.29. The van der Waals surface area contributed by atoms with Crippen LogP contribution in [0.5, 0.6) is 23.0 Å². The third-order valence-electron chi connectivity index (χ3n) is 7.01. The first-order chi connectivity index (χ1) is 16.7. The van der Waals surface area contributed by atoms with Crippen molar-refractivity contribution in [2.24, 2.45) is 0 Å². The van der Waals surface area contributed by atoms with Gasteiger partial charge in [-0.05, 0) is 59.4 Å². The van der Waals surface area contributed by atoms with Crippen molar-refractivity contribution in [3.63, 3.8) is 0 Å². The lowest BCUT2D eigenvalue weighted by Crippen LogP contribution is -2.33. The van der Waals surface area contributed by atoms with Crippen molar-refractivity contribution in [3.8, 4) is 23.0 Å². The molecule has 34 heavy (non-hydrogen) atoms. The van der Waals surface area contributed by atoms with Crippen molar-refractivity contribution in [3.05, 3.63) is 82.9 Å². The third kappa shape index (κ3) is 4.32. The Hall–Kier alpha value is -3.18. The highest BCUT2D eigenvalue weighted by Gasteiger charge is 2.39. The van der Waals surface area contributed by atoms with Crippen LogP contribution in [0.25, 0.3) is 0 Å². The average molecular weight is 461 g/mol. The van der Waals surface area contributed by atoms with Gasteiger partial charge in [0.2, 0.25) is 0 Å². The lowest BCUT2D eigenvalue weighted by Gasteiger charge is -2.41. The van der Waals surface area contributed by atoms with Crippen LogP contribution in [-0.4, -0.2) is 27.4 Å². The summed E-state index contributed by atoms with van der Waals surface area (Å²) >= 11 is 0. The molecule has 178 valence electrons. The molecule has 5 heteroatoms. The van der Waals surface area contributed by atoms with Gasteiger partial charge < -0.3 is 23.7 Å². The zero-order valence-corrected chi connectivity index (χ0v) is 20.1. The van der Waals surface area contributed by atoms with Crippen LogP contribution in [0.15, 0.2) is 60.7 Å². The molecule has 1 saturated carbocycles. The Morgan fingerprint density at radius 3 is 2.15 bits per heavy atom. The average Bonchev–Trinajstić information content (AvgIpc) is 2.91. The first-order valence-corrected chi connectivity index (χ1v) is 12.0. The van der Waals surface area contributed by atoms with Gasteiger partial charge in [-0.2, -0.15) is 0 Å². The highest BCUT2D eigenvalue weighted by molar-refractivity contribution is 5.54. The van der Waals surface area contributed by atoms with Crippen LogP contribution in [0.2, 0.25) is 0 Å². The van der Waals surface area contributed by atoms with Crippen molar-refractivity contribution in [1.82, 2.24) is 0 Å². The number of hydrogen-bond acceptors (Lipinski definition) is 5. The zero-order valence-electron chi connectivity index (χ0n) is 20.1. The summed E-state index contributed by atoms with van der Waals surface area (Å²) in [7, 11) is 5.04. The van der Waals surface area contributed by atoms with Crippen molar-refractivity contribution >= 4 is 0 Å². The van der Waals surface area contributed by atoms with E-state index in [-0.39, 0.29) is 12.2 Å². The highest BCUT2D eigenvalue weighted by Crippen LogP contribution is 2.50. The molecule has 0 unspecified atom stereocenters. The van der Waals surface area contributed by atoms with Gasteiger partial charge in [-0.25, -0.2) is 0 Å². The molecule has 3 aromatic rings. The second kappa shape index (κ2) is 9.98. The fourth-order valence-corrected chi connectivity index (χ4v) is 5.28. The molecule has 0 spiro atoms. The number of rotatable bonds is 7. The van der Waals surface area contributed by atoms with E-state index in [9.17, 15) is 0 Å². The molecule has 5 rings (SSSR count). The summed E-state index contributed by atoms with van der Waals surface area (Å²) in [5.41, 5.74) is 4.60. The molecule has 5 nitrogen and oxygen atoms in total. The predicted octanol–water partition coefficient (Wildman–Crippen LogP) is 6.44. The number of benzene rings is 3. The fourth-order valence-electron chi connectivity index (χ4n) is 5.28. The Balaban J connectivity index is 1.50. The number of hydrogen-bond donors (Lipinski definition) is 0. The molecule has 0 aromatic heterocycles. The Morgan fingerprint density at radius 1 is 0.735 bits per heavy atom. The van der Waals surface area contributed by atoms with Gasteiger partial charge in [-0.3, -0.25) is 0 Å². The lowest BCUT2D eigenvalue weighted by molar-refractivity contribution is -0.0391. The summed E-state index contributed by atoms with van der Waals surface area (Å²) in [6.45, 7) is 0.486. The Kier molecular flexibility index (Phi) is 6.63. The van der Waals surface area contributed by atoms with E-state index in [1.807, 2.05) is 30.3 Å². The Morgan fingerprint density at radius 2 is 1.41 bits per heavy atom. The summed E-state index contributed by atoms with van der Waals surface area (Å²) in [6.07, 6.45) is 4.63. The summed E-state index contributed by atoms with van der Waals surface area (Å²) in [6, 6.07) is 20.5. The van der Waals surface area contributed by atoms with E-state index >= 15 is 0 Å². The van der Waals surface area contributed by atoms with Gasteiger partial charge in [0.1, 0.15) is 12.7 Å². The van der Waals surface area contributed by atoms with E-state index in [0.29, 0.717) is 24.0 Å². The maximum atomic E-state index is 6.75. The van der Waals surface area contributed by atoms with Crippen molar-refractivity contribution in [2.45, 2.75) is 50.4 Å². The first kappa shape index (κ1) is 22.6. The minimum Gasteiger partial charge on any atom is -0.493 e. The van der Waals surface area contributed by atoms with Crippen LogP contribution >= 0.6 is 0 Å². The number of fused-ring (bicyclic) bond motifs is 3. The molecular formula is C29H32O5. The minimum atomic E-state index is -0.203. The Labute approximate surface area is 201 Å². The van der Waals surface area contributed by atoms with Crippen LogP contribution in [0, 0.1) is 0 Å². The molecule has 0 N–H and O–H groups in total. The topological polar surface area (TPSA) is 46.2 Å². The fraction of sp³-hybridized carbons (Fsp3) is 0.379. The quantitative estimate of drug-likeness (QED) is 0.406. The van der Waals surface area contributed by atoms with Crippen LogP contribution in [-0.2, 0) is 11.3 Å². The van der Waals surface area contributed by atoms with E-state index in [0.717, 1.165) is 41.0 Å². The molecule has 1 aliphatic carbocycles. The standard InChI is InChI=1S/C29H32O5/c1-30-26-15-20(13-14-25(26)33-18-19-9-5-4-6-10-19)29-23-17-28(32-3)27(31-2)16-22(23)21-11-7-8-12-24(21)34-29/h4-6,9-10,13-17,21,24,29H,7-8,11-12,18H2,1-3H3/t21-,24-,29+/m0/s1. The van der Waals surface area contributed by atoms with Gasteiger partial charge in [0.15, 0.2) is 23.0 Å². The maximum Gasteiger partial charge on any atom is 0.161 e. The largest absolute Gasteiger partial charge is 0.493 e. The predicted molar refractivity (Wildman–Crippen MR) is 131 cm³/mol. The van der Waals surface area contributed by atoms with E-state index in [4.69, 9.17) is 23.7 Å². The minimum absolute atomic E-state index is 0.198. The SMILES string of the molecule is COc1cc2c(cc1OC)[C@@H]1CCCC[C@@H]1O[C@@H]2c1ccc(OCc2ccccc2)c(OC)c1. The monoisotopic (exact) mass is 460 g/mol. The Bertz CT molecular complexity index is 1130. The molecule has 1 fully saturated rings. The van der Waals surface area contributed by atoms with E-state index in [1.165, 1.54) is 18.4 Å². The van der Waals surface area contributed by atoms with Crippen molar-refractivity contribution in [1.29, 1.82) is 0 Å². The van der Waals surface area contributed by atoms with Crippen LogP contribution in [0.4, 0.5) is 0 Å². The highest BCUT2D eigenvalue weighted by atomic mass is 16.5. The molecule has 0 amide bonds. The molecule has 3 atom stereocenters. The van der Waals surface area contributed by atoms with Gasteiger partial charge in [0, 0.05) is 5.92 Å². The van der Waals surface area contributed by atoms with Gasteiger partial charge in [0.05, 0.1) is 27.4 Å². The van der Waals surface area contributed by atoms with Gasteiger partial charge in [-0.1, -0.05) is 49.2 Å². The van der Waals surface area contributed by atoms with E-state index in [2.05, 4.69) is 30.3 Å². The smallest absolute Gasteiger partial charge is 0.161 e. The molecule has 2 aliphatic rings. The number of ether oxygens (including phenoxy) is 5. The second-order valence-corrected chi connectivity index (χ2v) is 8.97. The normalized spacial score (nSPS) is 21.2. The molecule has 0 bridgehead atoms. The summed E-state index contributed by atoms with van der Waals surface area (Å²) in [5, 5.41) is 0. The van der Waals surface area contributed by atoms with Gasteiger partial charge >= 0.3 is 0 Å². The molecule has 1 heterocycles. The van der Waals surface area contributed by atoms with E-state index in [1.54, 1.807) is 21.3 Å². The molecular weight excluding hydrogens is 428 g/mol. The summed E-state index contributed by atoms with van der Waals surface area (Å²) in [4.78, 5) is 0. The van der Waals surface area contributed by atoms with Gasteiger partial charge in [0.25, 0.3) is 0 Å². The van der Waals surface area contributed by atoms with Crippen molar-refractivity contribution < 1.29 is 23.7 Å². The molecule has 0 radical (unpaired) electrons. The molecule has 3 aromatic carbocycles. The van der Waals surface area contributed by atoms with E-state index < -0.39 is 0 Å². The maximum absolute atomic E-state index is 6.75. The van der Waals surface area contributed by atoms with Crippen molar-refractivity contribution in [2.75, 3.05) is 21.3 Å². The van der Waals surface area contributed by atoms with Gasteiger partial charge in [-0.15, -0.1) is 0 Å². The third-order valence-corrected chi connectivity index (χ3v) is 7.01.